The molecule has 5 aromatic carbocycles. The molecule has 5 aromatic rings. The Hall–Kier alpha value is -9.34. The van der Waals surface area contributed by atoms with Gasteiger partial charge in [0.15, 0.2) is 40.5 Å². The molecule has 26 N–H and O–H groups in total. The fourth-order valence-corrected chi connectivity index (χ4v) is 8.90. The molecule has 0 bridgehead atoms. The Morgan fingerprint density at radius 1 is 0.225 bits per heavy atom. The third-order valence-electron chi connectivity index (χ3n) is 14.3. The van der Waals surface area contributed by atoms with Gasteiger partial charge in [-0.25, -0.2) is 0 Å². The van der Waals surface area contributed by atoms with Crippen molar-refractivity contribution in [3.05, 3.63) is 176 Å². The van der Waals surface area contributed by atoms with E-state index in [1.807, 2.05) is 18.2 Å². The van der Waals surface area contributed by atoms with Gasteiger partial charge < -0.3 is 93.5 Å². The quantitative estimate of drug-likeness (QED) is 0.0245. The SMILES string of the molecule is NCCCC(=O)c1cc(C(=O)CCCN)cc(C(=O)NCCN)c1.NCCCC(=O)c1cc(C(=O)CCCN)cc(C(=O)NCCO)c1.NCCCC(=O)c1cc(C(=O)CCCO)cc(C(=O)NCCO)c1.NCCCC(=O)c1cccc(C(=O)NCCN)c1.NCCNC(=O)c1ccccc1. The number of benzene rings is 5. The highest BCUT2D eigenvalue weighted by atomic mass is 16.3. The Morgan fingerprint density at radius 3 is 0.706 bits per heavy atom. The number of Topliss-reactive ketones (excluding diaryl/α,β-unsaturated/α-hetero) is 7. The van der Waals surface area contributed by atoms with Crippen LogP contribution in [0.15, 0.2) is 109 Å². The number of ketones is 7. The van der Waals surface area contributed by atoms with E-state index in [4.69, 9.17) is 66.9 Å². The third-order valence-corrected chi connectivity index (χ3v) is 14.3. The number of carbonyl (C=O) groups excluding carboxylic acids is 12. The summed E-state index contributed by atoms with van der Waals surface area (Å²) in [7, 11) is 0. The van der Waals surface area contributed by atoms with Gasteiger partial charge >= 0.3 is 0 Å². The van der Waals surface area contributed by atoms with Crippen LogP contribution in [0.25, 0.3) is 0 Å². The summed E-state index contributed by atoms with van der Waals surface area (Å²) in [4.78, 5) is 144. The normalized spacial score (nSPS) is 10.3. The lowest BCUT2D eigenvalue weighted by molar-refractivity contribution is 0.0933. The first-order valence-corrected chi connectivity index (χ1v) is 34.0. The van der Waals surface area contributed by atoms with E-state index in [0.29, 0.717) is 169 Å². The number of carbonyl (C=O) groups is 12. The average Bonchev–Trinajstić information content (AvgIpc) is 0.853. The number of aliphatic hydroxyl groups is 3. The van der Waals surface area contributed by atoms with Gasteiger partial charge in [0, 0.05) is 171 Å². The summed E-state index contributed by atoms with van der Waals surface area (Å²) in [6.07, 6.45) is 5.53. The van der Waals surface area contributed by atoms with Crippen molar-refractivity contribution in [3.63, 3.8) is 0 Å². The van der Waals surface area contributed by atoms with E-state index in [1.165, 1.54) is 54.6 Å². The zero-order valence-corrected chi connectivity index (χ0v) is 58.2. The highest BCUT2D eigenvalue weighted by Crippen LogP contribution is 2.20. The Labute approximate surface area is 596 Å². The lowest BCUT2D eigenvalue weighted by Crippen LogP contribution is -2.29. The minimum absolute atomic E-state index is 0.00826. The fourth-order valence-electron chi connectivity index (χ4n) is 8.90. The lowest BCUT2D eigenvalue weighted by atomic mass is 9.96. The number of hydrogen-bond acceptors (Lipinski definition) is 24. The molecule has 0 aliphatic heterocycles. The molecule has 0 unspecified atom stereocenters. The summed E-state index contributed by atoms with van der Waals surface area (Å²) in [5.74, 6) is -2.56. The molecule has 0 fully saturated rings. The van der Waals surface area contributed by atoms with Gasteiger partial charge in [0.25, 0.3) is 29.5 Å². The Bertz CT molecular complexity index is 2880. The van der Waals surface area contributed by atoms with Gasteiger partial charge in [-0.1, -0.05) is 30.3 Å². The van der Waals surface area contributed by atoms with Crippen LogP contribution in [0.2, 0.25) is 0 Å². The van der Waals surface area contributed by atoms with Gasteiger partial charge in [-0.15, -0.1) is 0 Å². The second-order valence-electron chi connectivity index (χ2n) is 22.6. The molecule has 0 aliphatic carbocycles. The van der Waals surface area contributed by atoms with Crippen LogP contribution < -0.4 is 78.2 Å². The zero-order chi connectivity index (χ0) is 76.0. The zero-order valence-electron chi connectivity index (χ0n) is 58.2. The molecule has 29 heteroatoms. The molecule has 29 nitrogen and oxygen atoms in total. The molecule has 0 heterocycles. The molecule has 102 heavy (non-hydrogen) atoms. The van der Waals surface area contributed by atoms with Crippen LogP contribution in [-0.2, 0) is 0 Å². The van der Waals surface area contributed by atoms with E-state index >= 15 is 0 Å². The number of amides is 5. The summed E-state index contributed by atoms with van der Waals surface area (Å²) in [6, 6.07) is 29.1. The van der Waals surface area contributed by atoms with Crippen molar-refractivity contribution < 1.29 is 72.9 Å². The smallest absolute Gasteiger partial charge is 0.251 e. The highest BCUT2D eigenvalue weighted by molar-refractivity contribution is 6.08. The molecular weight excluding hydrogens is 1310 g/mol. The van der Waals surface area contributed by atoms with Gasteiger partial charge in [0.2, 0.25) is 0 Å². The molecule has 558 valence electrons. The number of hydrogen-bond donors (Lipinski definition) is 17. The maximum absolute atomic E-state index is 12.2. The lowest BCUT2D eigenvalue weighted by Gasteiger charge is -2.09. The first-order valence-electron chi connectivity index (χ1n) is 34.0. The van der Waals surface area contributed by atoms with E-state index < -0.39 is 11.8 Å². The van der Waals surface area contributed by atoms with Crippen LogP contribution in [0, 0.1) is 0 Å². The third kappa shape index (κ3) is 36.8. The Balaban J connectivity index is 0.000000648. The van der Waals surface area contributed by atoms with E-state index in [2.05, 4.69) is 26.6 Å². The molecule has 0 aliphatic rings. The van der Waals surface area contributed by atoms with Crippen molar-refractivity contribution in [2.24, 2.45) is 51.6 Å². The van der Waals surface area contributed by atoms with Crippen molar-refractivity contribution in [2.45, 2.75) is 89.9 Å². The first kappa shape index (κ1) is 90.7. The summed E-state index contributed by atoms with van der Waals surface area (Å²) >= 11 is 0. The molecule has 0 spiro atoms. The van der Waals surface area contributed by atoms with Crippen LogP contribution in [0.3, 0.4) is 0 Å². The molecule has 0 saturated carbocycles. The minimum atomic E-state index is -0.464. The van der Waals surface area contributed by atoms with E-state index in [9.17, 15) is 57.5 Å². The molecule has 0 radical (unpaired) electrons. The molecule has 5 amide bonds. The van der Waals surface area contributed by atoms with Crippen LogP contribution in [-0.4, -0.2) is 197 Å². The van der Waals surface area contributed by atoms with Gasteiger partial charge in [-0.3, -0.25) is 57.5 Å². The van der Waals surface area contributed by atoms with Gasteiger partial charge in [0.05, 0.1) is 13.2 Å². The van der Waals surface area contributed by atoms with Crippen LogP contribution >= 0.6 is 0 Å². The van der Waals surface area contributed by atoms with Crippen molar-refractivity contribution in [2.75, 3.05) is 111 Å². The van der Waals surface area contributed by atoms with Gasteiger partial charge in [-0.05, 0) is 163 Å². The van der Waals surface area contributed by atoms with Gasteiger partial charge in [-0.2, -0.15) is 0 Å². The summed E-state index contributed by atoms with van der Waals surface area (Å²) in [5.41, 5.74) is 52.6. The number of nitrogens with two attached hydrogens (primary N) is 9. The summed E-state index contributed by atoms with van der Waals surface area (Å²) < 4.78 is 0. The summed E-state index contributed by atoms with van der Waals surface area (Å²) in [6.45, 7) is 4.58. The van der Waals surface area contributed by atoms with Crippen LogP contribution in [0.1, 0.15) is 214 Å². The van der Waals surface area contributed by atoms with E-state index in [1.54, 1.807) is 36.4 Å². The topological polar surface area (TPSA) is 560 Å². The monoisotopic (exact) mass is 1420 g/mol. The predicted octanol–water partition coefficient (Wildman–Crippen LogP) is 1.43. The number of rotatable bonds is 43. The summed E-state index contributed by atoms with van der Waals surface area (Å²) in [5, 5.41) is 39.4. The minimum Gasteiger partial charge on any atom is -0.396 e. The Morgan fingerprint density at radius 2 is 0.441 bits per heavy atom. The average molecular weight is 1420 g/mol. The van der Waals surface area contributed by atoms with Crippen molar-refractivity contribution in [1.29, 1.82) is 0 Å². The highest BCUT2D eigenvalue weighted by Gasteiger charge is 2.20. The van der Waals surface area contributed by atoms with E-state index in [-0.39, 0.29) is 157 Å². The molecule has 0 atom stereocenters. The molecule has 5 rings (SSSR count). The van der Waals surface area contributed by atoms with Crippen molar-refractivity contribution >= 4 is 70.0 Å². The van der Waals surface area contributed by atoms with Crippen molar-refractivity contribution in [1.82, 2.24) is 26.6 Å². The second-order valence-corrected chi connectivity index (χ2v) is 22.6. The molecule has 0 saturated heterocycles. The molecular formula is C73H106N14O15. The van der Waals surface area contributed by atoms with Gasteiger partial charge in [0.1, 0.15) is 0 Å². The second kappa shape index (κ2) is 55.4. The largest absolute Gasteiger partial charge is 0.396 e. The number of nitrogens with one attached hydrogen (secondary N) is 5. The maximum atomic E-state index is 12.2. The fraction of sp³-hybridized carbons (Fsp3) is 0.425. The van der Waals surface area contributed by atoms with E-state index in [0.717, 1.165) is 0 Å². The maximum Gasteiger partial charge on any atom is 0.251 e. The van der Waals surface area contributed by atoms with Crippen LogP contribution in [0.5, 0.6) is 0 Å². The predicted molar refractivity (Wildman–Crippen MR) is 392 cm³/mol. The first-order chi connectivity index (χ1) is 49.1. The standard InChI is InChI=1S/C17H26N4O3.C17H25N3O4.C17H24N2O5.C13H19N3O2.C9H12N2O/c18-5-1-3-15(22)12-9-13(16(23)4-2-6-19)11-14(10-12)17(24)21-8-7-20;18-5-1-3-15(22)12-9-13(16(23)4-2-6-19)11-14(10-12)17(24)20-7-8-21;18-5-1-3-15(22)12-9-13(16(23)4-2-7-20)11-14(10-12)17(24)19-6-8-21;14-6-2-5-12(17)10-3-1-4-11(9-10)13(18)16-8-7-15;10-6-7-11-9(12)8-4-2-1-3-5-8/h9-11H,1-8,18-20H2,(H,21,24);9-11,21H,1-8,18-19H2,(H,20,24);9-11,20-21H,1-8,18H2,(H,19,24);1,3-4,9H,2,5-8,14-15H2,(H,16,18);1-5H,6-7,10H2,(H,11,12). The number of aliphatic hydroxyl groups excluding tert-OH is 3. The van der Waals surface area contributed by atoms with Crippen LogP contribution in [0.4, 0.5) is 0 Å². The molecule has 0 aromatic heterocycles. The van der Waals surface area contributed by atoms with Crippen molar-refractivity contribution in [3.8, 4) is 0 Å². The Kier molecular flexibility index (Phi) is 49.2.